The minimum atomic E-state index is -0.554. The van der Waals surface area contributed by atoms with Gasteiger partial charge in [0.25, 0.3) is 0 Å². The van der Waals surface area contributed by atoms with Crippen LogP contribution in [0, 0.1) is 11.3 Å². The first kappa shape index (κ1) is 14.0. The Hall–Kier alpha value is -1.60. The Morgan fingerprint density at radius 1 is 1.23 bits per heavy atom. The van der Waals surface area contributed by atoms with E-state index in [0.29, 0.717) is 10.0 Å². The Morgan fingerprint density at radius 3 is 2.77 bits per heavy atom. The van der Waals surface area contributed by atoms with Crippen molar-refractivity contribution in [3.8, 4) is 6.07 Å². The van der Waals surface area contributed by atoms with Crippen LogP contribution in [0.1, 0.15) is 22.9 Å². The second-order valence-electron chi connectivity index (χ2n) is 5.49. The summed E-state index contributed by atoms with van der Waals surface area (Å²) in [6, 6.07) is 15.9. The molecule has 1 fully saturated rings. The third kappa shape index (κ3) is 2.03. The number of nitrogens with zero attached hydrogens (tertiary/aromatic N) is 2. The second kappa shape index (κ2) is 4.96. The van der Waals surface area contributed by atoms with Gasteiger partial charge in [-0.1, -0.05) is 41.4 Å². The molecule has 2 atom stereocenters. The molecule has 0 spiro atoms. The normalized spacial score (nSPS) is 23.4. The molecule has 4 rings (SSSR count). The minimum Gasteiger partial charge on any atom is -0.239 e. The molecule has 1 aromatic heterocycles. The van der Waals surface area contributed by atoms with Gasteiger partial charge in [0.05, 0.1) is 16.3 Å². The summed E-state index contributed by atoms with van der Waals surface area (Å²) in [5, 5.41) is 11.9. The molecule has 2 nitrogen and oxygen atoms in total. The fourth-order valence-corrected chi connectivity index (χ4v) is 4.60. The maximum atomic E-state index is 9.76. The van der Waals surface area contributed by atoms with Crippen LogP contribution in [0.2, 0.25) is 10.0 Å². The largest absolute Gasteiger partial charge is 0.239 e. The van der Waals surface area contributed by atoms with E-state index in [-0.39, 0.29) is 5.92 Å². The standard InChI is InChI=1S/C17H10Cl2N2S/c18-10-5-6-11(13(19)7-10)12-8-17(12,9-20)16-21-14-3-1-2-4-15(14)22-16/h1-7,12H,8H2/t12-,17-/m1/s1. The highest BCUT2D eigenvalue weighted by Gasteiger charge is 2.59. The van der Waals surface area contributed by atoms with E-state index in [1.165, 1.54) is 0 Å². The molecule has 1 aliphatic carbocycles. The first-order valence-corrected chi connectivity index (χ1v) is 8.43. The van der Waals surface area contributed by atoms with Gasteiger partial charge in [-0.05, 0) is 36.2 Å². The summed E-state index contributed by atoms with van der Waals surface area (Å²) in [6.45, 7) is 0. The maximum absolute atomic E-state index is 9.76. The molecule has 0 bridgehead atoms. The van der Waals surface area contributed by atoms with Crippen LogP contribution in [0.4, 0.5) is 0 Å². The summed E-state index contributed by atoms with van der Waals surface area (Å²) >= 11 is 13.9. The van der Waals surface area contributed by atoms with Crippen LogP contribution in [0.15, 0.2) is 42.5 Å². The van der Waals surface area contributed by atoms with E-state index in [0.717, 1.165) is 27.2 Å². The number of hydrogen-bond donors (Lipinski definition) is 0. The lowest BCUT2D eigenvalue weighted by Gasteiger charge is -2.07. The lowest BCUT2D eigenvalue weighted by Crippen LogP contribution is -2.06. The van der Waals surface area contributed by atoms with Crippen LogP contribution in [-0.2, 0) is 5.41 Å². The van der Waals surface area contributed by atoms with E-state index < -0.39 is 5.41 Å². The third-order valence-electron chi connectivity index (χ3n) is 4.17. The lowest BCUT2D eigenvalue weighted by molar-refractivity contribution is 0.846. The van der Waals surface area contributed by atoms with E-state index in [1.54, 1.807) is 17.4 Å². The Labute approximate surface area is 141 Å². The number of nitriles is 1. The number of hydrogen-bond acceptors (Lipinski definition) is 3. The molecule has 108 valence electrons. The third-order valence-corrected chi connectivity index (χ3v) is 5.95. The average Bonchev–Trinajstić information content (AvgIpc) is 3.09. The number of halogens is 2. The van der Waals surface area contributed by atoms with Crippen molar-refractivity contribution in [2.45, 2.75) is 17.8 Å². The van der Waals surface area contributed by atoms with E-state index >= 15 is 0 Å². The molecule has 0 N–H and O–H groups in total. The van der Waals surface area contributed by atoms with Gasteiger partial charge < -0.3 is 0 Å². The molecule has 0 amide bonds. The van der Waals surface area contributed by atoms with Crippen LogP contribution in [0.3, 0.4) is 0 Å². The smallest absolute Gasteiger partial charge is 0.116 e. The predicted molar refractivity (Wildman–Crippen MR) is 90.7 cm³/mol. The van der Waals surface area contributed by atoms with Gasteiger partial charge in [0.2, 0.25) is 0 Å². The predicted octanol–water partition coefficient (Wildman–Crippen LogP) is 5.55. The Morgan fingerprint density at radius 2 is 2.05 bits per heavy atom. The SMILES string of the molecule is N#C[C@]1(c2nc3ccccc3s2)C[C@@H]1c1ccc(Cl)cc1Cl. The molecule has 1 heterocycles. The van der Waals surface area contributed by atoms with Gasteiger partial charge in [-0.3, -0.25) is 0 Å². The monoisotopic (exact) mass is 344 g/mol. The molecule has 2 aromatic carbocycles. The van der Waals surface area contributed by atoms with Crippen molar-refractivity contribution in [1.82, 2.24) is 4.98 Å². The average molecular weight is 345 g/mol. The van der Waals surface area contributed by atoms with Gasteiger partial charge in [0.15, 0.2) is 0 Å². The molecule has 5 heteroatoms. The van der Waals surface area contributed by atoms with Gasteiger partial charge >= 0.3 is 0 Å². The second-order valence-corrected chi connectivity index (χ2v) is 7.37. The summed E-state index contributed by atoms with van der Waals surface area (Å²) in [5.41, 5.74) is 1.37. The van der Waals surface area contributed by atoms with Crippen LogP contribution >= 0.6 is 34.5 Å². The quantitative estimate of drug-likeness (QED) is 0.610. The van der Waals surface area contributed by atoms with Gasteiger partial charge in [-0.15, -0.1) is 11.3 Å². The Kier molecular flexibility index (Phi) is 3.16. The van der Waals surface area contributed by atoms with E-state index in [2.05, 4.69) is 11.1 Å². The summed E-state index contributed by atoms with van der Waals surface area (Å²) in [4.78, 5) is 4.67. The number of aromatic nitrogens is 1. The Balaban J connectivity index is 1.78. The number of para-hydroxylation sites is 1. The van der Waals surface area contributed by atoms with Crippen LogP contribution < -0.4 is 0 Å². The molecule has 1 aliphatic rings. The molecule has 22 heavy (non-hydrogen) atoms. The van der Waals surface area contributed by atoms with Gasteiger partial charge in [-0.25, -0.2) is 4.98 Å². The zero-order chi connectivity index (χ0) is 15.3. The summed E-state index contributed by atoms with van der Waals surface area (Å²) < 4.78 is 1.11. The van der Waals surface area contributed by atoms with Gasteiger partial charge in [0.1, 0.15) is 10.4 Å². The molecule has 0 saturated heterocycles. The van der Waals surface area contributed by atoms with E-state index in [1.807, 2.05) is 36.4 Å². The molecular formula is C17H10Cl2N2S. The lowest BCUT2D eigenvalue weighted by atomic mass is 10.0. The van der Waals surface area contributed by atoms with Crippen molar-refractivity contribution in [3.63, 3.8) is 0 Å². The van der Waals surface area contributed by atoms with Crippen molar-refractivity contribution in [1.29, 1.82) is 5.26 Å². The summed E-state index contributed by atoms with van der Waals surface area (Å²) in [5.74, 6) is 0.0860. The zero-order valence-electron chi connectivity index (χ0n) is 11.4. The number of benzene rings is 2. The Bertz CT molecular complexity index is 895. The van der Waals surface area contributed by atoms with E-state index in [9.17, 15) is 5.26 Å². The van der Waals surface area contributed by atoms with Crippen LogP contribution in [0.25, 0.3) is 10.2 Å². The van der Waals surface area contributed by atoms with Crippen molar-refractivity contribution in [2.75, 3.05) is 0 Å². The maximum Gasteiger partial charge on any atom is 0.116 e. The van der Waals surface area contributed by atoms with Crippen LogP contribution in [0.5, 0.6) is 0 Å². The fraction of sp³-hybridized carbons (Fsp3) is 0.176. The first-order valence-electron chi connectivity index (χ1n) is 6.86. The number of fused-ring (bicyclic) bond motifs is 1. The van der Waals surface area contributed by atoms with E-state index in [4.69, 9.17) is 23.2 Å². The van der Waals surface area contributed by atoms with Gasteiger partial charge in [-0.2, -0.15) is 5.26 Å². The van der Waals surface area contributed by atoms with Crippen molar-refractivity contribution in [3.05, 3.63) is 63.1 Å². The molecular weight excluding hydrogens is 335 g/mol. The van der Waals surface area contributed by atoms with Crippen molar-refractivity contribution < 1.29 is 0 Å². The molecule has 3 aromatic rings. The highest BCUT2D eigenvalue weighted by atomic mass is 35.5. The molecule has 0 unspecified atom stereocenters. The van der Waals surface area contributed by atoms with Gasteiger partial charge in [0, 0.05) is 16.0 Å². The summed E-state index contributed by atoms with van der Waals surface area (Å²) in [6.07, 6.45) is 0.755. The number of rotatable bonds is 2. The van der Waals surface area contributed by atoms with Crippen molar-refractivity contribution in [2.24, 2.45) is 0 Å². The molecule has 0 aliphatic heterocycles. The molecule has 1 saturated carbocycles. The minimum absolute atomic E-state index is 0.0860. The highest BCUT2D eigenvalue weighted by molar-refractivity contribution is 7.18. The zero-order valence-corrected chi connectivity index (χ0v) is 13.7. The van der Waals surface area contributed by atoms with Crippen molar-refractivity contribution >= 4 is 44.8 Å². The molecule has 0 radical (unpaired) electrons. The topological polar surface area (TPSA) is 36.7 Å². The number of thiazole rings is 1. The summed E-state index contributed by atoms with van der Waals surface area (Å²) in [7, 11) is 0. The highest BCUT2D eigenvalue weighted by Crippen LogP contribution is 2.62. The first-order chi connectivity index (χ1) is 10.6. The van der Waals surface area contributed by atoms with Crippen LogP contribution in [-0.4, -0.2) is 4.98 Å². The fourth-order valence-electron chi connectivity index (χ4n) is 2.89.